The number of halogens is 1. The first-order valence-corrected chi connectivity index (χ1v) is 6.99. The van der Waals surface area contributed by atoms with Gasteiger partial charge in [-0.15, -0.1) is 0 Å². The number of thiocarbonyl (C=S) groups is 1. The van der Waals surface area contributed by atoms with Gasteiger partial charge in [-0.3, -0.25) is 9.48 Å². The third kappa shape index (κ3) is 3.93. The van der Waals surface area contributed by atoms with Crippen molar-refractivity contribution in [2.45, 2.75) is 13.5 Å². The van der Waals surface area contributed by atoms with E-state index in [1.165, 1.54) is 0 Å². The molecule has 0 saturated heterocycles. The number of nitrogens with two attached hydrogens (primary N) is 1. The first-order chi connectivity index (χ1) is 9.99. The Labute approximate surface area is 132 Å². The second-order valence-electron chi connectivity index (χ2n) is 4.20. The number of hydrogen-bond donors (Lipinski definition) is 3. The minimum atomic E-state index is -0.616. The van der Waals surface area contributed by atoms with E-state index in [1.807, 2.05) is 13.0 Å². The van der Waals surface area contributed by atoms with Crippen LogP contribution in [0.2, 0.25) is 5.02 Å². The molecular weight excluding hydrogens is 310 g/mol. The predicted molar refractivity (Wildman–Crippen MR) is 87.7 cm³/mol. The summed E-state index contributed by atoms with van der Waals surface area (Å²) in [4.78, 5) is 11.4. The molecule has 0 radical (unpaired) electrons. The summed E-state index contributed by atoms with van der Waals surface area (Å²) in [5.41, 5.74) is 6.64. The van der Waals surface area contributed by atoms with Crippen LogP contribution in [0.15, 0.2) is 30.5 Å². The average molecular weight is 324 g/mol. The molecule has 21 heavy (non-hydrogen) atoms. The molecule has 8 heteroatoms. The zero-order chi connectivity index (χ0) is 15.4. The number of nitrogens with one attached hydrogen (secondary N) is 2. The van der Waals surface area contributed by atoms with Crippen LogP contribution in [0.5, 0.6) is 0 Å². The molecule has 0 atom stereocenters. The maximum Gasteiger partial charge on any atom is 0.271 e. The second kappa shape index (κ2) is 6.55. The van der Waals surface area contributed by atoms with Gasteiger partial charge in [0.2, 0.25) is 0 Å². The number of aromatic nitrogens is 2. The van der Waals surface area contributed by atoms with Crippen LogP contribution in [0.3, 0.4) is 0 Å². The van der Waals surface area contributed by atoms with Crippen molar-refractivity contribution in [1.82, 2.24) is 9.78 Å². The Hall–Kier alpha value is -2.12. The second-order valence-corrected chi connectivity index (χ2v) is 5.05. The van der Waals surface area contributed by atoms with E-state index < -0.39 is 5.91 Å². The number of carbonyl (C=O) groups is 1. The summed E-state index contributed by atoms with van der Waals surface area (Å²) >= 11 is 11.1. The molecule has 6 nitrogen and oxygen atoms in total. The topological polar surface area (TPSA) is 85.0 Å². The number of aryl methyl sites for hydroxylation is 1. The molecule has 4 N–H and O–H groups in total. The maximum atomic E-state index is 11.4. The average Bonchev–Trinajstić information content (AvgIpc) is 2.81. The van der Waals surface area contributed by atoms with Crippen LogP contribution in [0, 0.1) is 0 Å². The summed E-state index contributed by atoms with van der Waals surface area (Å²) in [7, 11) is 0. The highest BCUT2D eigenvalue weighted by atomic mass is 35.5. The lowest BCUT2D eigenvalue weighted by Gasteiger charge is -2.09. The Bertz CT molecular complexity index is 685. The Morgan fingerprint density at radius 2 is 2.24 bits per heavy atom. The van der Waals surface area contributed by atoms with Crippen LogP contribution in [-0.4, -0.2) is 20.8 Å². The Balaban J connectivity index is 2.12. The number of carbonyl (C=O) groups excluding carboxylic acids is 1. The first kappa shape index (κ1) is 15.3. The summed E-state index contributed by atoms with van der Waals surface area (Å²) in [6, 6.07) is 7.13. The Kier molecular flexibility index (Phi) is 4.77. The fraction of sp³-hybridized carbons (Fsp3) is 0.154. The van der Waals surface area contributed by atoms with E-state index in [4.69, 9.17) is 29.6 Å². The molecule has 0 aliphatic carbocycles. The molecule has 0 bridgehead atoms. The number of amides is 1. The van der Waals surface area contributed by atoms with Crippen molar-refractivity contribution in [3.63, 3.8) is 0 Å². The fourth-order valence-electron chi connectivity index (χ4n) is 1.71. The zero-order valence-electron chi connectivity index (χ0n) is 11.3. The van der Waals surface area contributed by atoms with Gasteiger partial charge in [0.15, 0.2) is 10.8 Å². The summed E-state index contributed by atoms with van der Waals surface area (Å²) < 4.78 is 1.60. The van der Waals surface area contributed by atoms with E-state index >= 15 is 0 Å². The molecule has 2 aromatic rings. The van der Waals surface area contributed by atoms with E-state index in [1.54, 1.807) is 29.1 Å². The van der Waals surface area contributed by atoms with Gasteiger partial charge in [0.25, 0.3) is 5.91 Å². The van der Waals surface area contributed by atoms with E-state index in [9.17, 15) is 4.79 Å². The third-order valence-corrected chi connectivity index (χ3v) is 3.09. The smallest absolute Gasteiger partial charge is 0.271 e. The Morgan fingerprint density at radius 3 is 2.86 bits per heavy atom. The van der Waals surface area contributed by atoms with Gasteiger partial charge in [-0.05, 0) is 37.3 Å². The van der Waals surface area contributed by atoms with Gasteiger partial charge in [0.05, 0.1) is 5.69 Å². The summed E-state index contributed by atoms with van der Waals surface area (Å²) in [6.45, 7) is 2.53. The highest BCUT2D eigenvalue weighted by Gasteiger charge is 2.14. The third-order valence-electron chi connectivity index (χ3n) is 2.65. The molecule has 0 aliphatic heterocycles. The molecule has 1 amide bonds. The number of hydrogen-bond acceptors (Lipinski definition) is 3. The van der Waals surface area contributed by atoms with Crippen molar-refractivity contribution in [3.05, 3.63) is 41.2 Å². The van der Waals surface area contributed by atoms with E-state index in [0.29, 0.717) is 22.4 Å². The Morgan fingerprint density at radius 1 is 1.48 bits per heavy atom. The lowest BCUT2D eigenvalue weighted by atomic mass is 10.3. The van der Waals surface area contributed by atoms with Gasteiger partial charge in [-0.2, -0.15) is 5.10 Å². The van der Waals surface area contributed by atoms with Crippen molar-refractivity contribution < 1.29 is 4.79 Å². The first-order valence-electron chi connectivity index (χ1n) is 6.20. The molecule has 1 aromatic heterocycles. The van der Waals surface area contributed by atoms with Gasteiger partial charge in [-0.25, -0.2) is 0 Å². The number of anilines is 2. The van der Waals surface area contributed by atoms with E-state index in [0.717, 1.165) is 5.69 Å². The summed E-state index contributed by atoms with van der Waals surface area (Å²) in [5.74, 6) is -0.616. The molecular formula is C13H14ClN5OS. The maximum absolute atomic E-state index is 11.4. The lowest BCUT2D eigenvalue weighted by molar-refractivity contribution is 0.0995. The fourth-order valence-corrected chi connectivity index (χ4v) is 2.13. The number of benzene rings is 1. The number of primary amides is 1. The zero-order valence-corrected chi connectivity index (χ0v) is 12.8. The molecule has 2 rings (SSSR count). The molecule has 0 spiro atoms. The van der Waals surface area contributed by atoms with Crippen LogP contribution in [0.1, 0.15) is 17.4 Å². The normalized spacial score (nSPS) is 10.2. The number of nitrogens with zero attached hydrogens (tertiary/aromatic N) is 2. The van der Waals surface area contributed by atoms with E-state index in [-0.39, 0.29) is 5.69 Å². The lowest BCUT2D eigenvalue weighted by Crippen LogP contribution is -2.21. The van der Waals surface area contributed by atoms with Crippen molar-refractivity contribution >= 4 is 46.2 Å². The summed E-state index contributed by atoms with van der Waals surface area (Å²) in [5, 5.41) is 10.9. The van der Waals surface area contributed by atoms with Crippen LogP contribution in [0.25, 0.3) is 0 Å². The van der Waals surface area contributed by atoms with Crippen molar-refractivity contribution in [1.29, 1.82) is 0 Å². The van der Waals surface area contributed by atoms with Crippen LogP contribution in [0.4, 0.5) is 11.4 Å². The van der Waals surface area contributed by atoms with Crippen molar-refractivity contribution in [2.75, 3.05) is 10.6 Å². The van der Waals surface area contributed by atoms with Gasteiger partial charge in [0.1, 0.15) is 0 Å². The standard InChI is InChI=1S/C13H14ClN5OS/c1-2-19-7-10(11(18-19)12(15)20)17-13(21)16-9-5-3-4-8(14)6-9/h3-7H,2H2,1H3,(H2,15,20)(H2,16,17,21). The highest BCUT2D eigenvalue weighted by Crippen LogP contribution is 2.17. The summed E-state index contributed by atoms with van der Waals surface area (Å²) in [6.07, 6.45) is 1.67. The molecule has 0 unspecified atom stereocenters. The molecule has 110 valence electrons. The molecule has 0 aliphatic rings. The van der Waals surface area contributed by atoms with Gasteiger partial charge >= 0.3 is 0 Å². The van der Waals surface area contributed by atoms with Crippen molar-refractivity contribution in [3.8, 4) is 0 Å². The molecule has 1 heterocycles. The molecule has 1 aromatic carbocycles. The minimum Gasteiger partial charge on any atom is -0.364 e. The van der Waals surface area contributed by atoms with Crippen LogP contribution in [-0.2, 0) is 6.54 Å². The highest BCUT2D eigenvalue weighted by molar-refractivity contribution is 7.80. The number of rotatable bonds is 4. The van der Waals surface area contributed by atoms with Crippen molar-refractivity contribution in [2.24, 2.45) is 5.73 Å². The van der Waals surface area contributed by atoms with Gasteiger partial charge in [0, 0.05) is 23.5 Å². The molecule has 0 saturated carbocycles. The van der Waals surface area contributed by atoms with Gasteiger partial charge in [-0.1, -0.05) is 17.7 Å². The monoisotopic (exact) mass is 323 g/mol. The SMILES string of the molecule is CCn1cc(NC(=S)Nc2cccc(Cl)c2)c(C(N)=O)n1. The quantitative estimate of drug-likeness (QED) is 0.753. The largest absolute Gasteiger partial charge is 0.364 e. The molecule has 0 fully saturated rings. The van der Waals surface area contributed by atoms with E-state index in [2.05, 4.69) is 15.7 Å². The van der Waals surface area contributed by atoms with Gasteiger partial charge < -0.3 is 16.4 Å². The van der Waals surface area contributed by atoms with Crippen LogP contribution >= 0.6 is 23.8 Å². The van der Waals surface area contributed by atoms with Crippen LogP contribution < -0.4 is 16.4 Å². The predicted octanol–water partition coefficient (Wildman–Crippen LogP) is 2.46. The minimum absolute atomic E-state index is 0.145.